The molecule has 0 aliphatic carbocycles. The molecule has 2 aromatic rings. The summed E-state index contributed by atoms with van der Waals surface area (Å²) in [5, 5.41) is 4.64. The van der Waals surface area contributed by atoms with Crippen molar-refractivity contribution in [3.05, 3.63) is 40.5 Å². The van der Waals surface area contributed by atoms with Crippen LogP contribution in [-0.4, -0.2) is 18.1 Å². The lowest BCUT2D eigenvalue weighted by molar-refractivity contribution is 0.582. The molecule has 0 saturated carbocycles. The number of halogens is 1. The van der Waals surface area contributed by atoms with Crippen molar-refractivity contribution in [1.29, 1.82) is 0 Å². The van der Waals surface area contributed by atoms with Crippen molar-refractivity contribution < 1.29 is 0 Å². The Bertz CT molecular complexity index is 533. The minimum atomic E-state index is 0.765. The summed E-state index contributed by atoms with van der Waals surface area (Å²) in [5.74, 6) is 0.765. The molecule has 0 bridgehead atoms. The van der Waals surface area contributed by atoms with E-state index in [4.69, 9.17) is 0 Å². The Morgan fingerprint density at radius 1 is 1.35 bits per heavy atom. The Hall–Kier alpha value is -0.930. The lowest BCUT2D eigenvalue weighted by Crippen LogP contribution is -2.11. The van der Waals surface area contributed by atoms with Gasteiger partial charge in [-0.25, -0.2) is 0 Å². The molecule has 2 heterocycles. The van der Waals surface area contributed by atoms with E-state index < -0.39 is 0 Å². The second kappa shape index (κ2) is 4.75. The molecule has 0 radical (unpaired) electrons. The Kier molecular flexibility index (Phi) is 3.12. The van der Waals surface area contributed by atoms with E-state index in [2.05, 4.69) is 44.4 Å². The number of nitrogens with one attached hydrogen (secondary N) is 1. The van der Waals surface area contributed by atoms with Crippen molar-refractivity contribution in [2.24, 2.45) is 5.92 Å². The number of benzene rings is 1. The van der Waals surface area contributed by atoms with Crippen molar-refractivity contribution >= 4 is 26.8 Å². The van der Waals surface area contributed by atoms with Gasteiger partial charge < -0.3 is 5.32 Å². The van der Waals surface area contributed by atoms with Crippen molar-refractivity contribution in [1.82, 2.24) is 10.3 Å². The lowest BCUT2D eigenvalue weighted by Gasteiger charge is -2.11. The van der Waals surface area contributed by atoms with Crippen molar-refractivity contribution in [2.75, 3.05) is 13.1 Å². The van der Waals surface area contributed by atoms with Gasteiger partial charge in [-0.3, -0.25) is 4.98 Å². The number of hydrogen-bond donors (Lipinski definition) is 1. The maximum atomic E-state index is 4.53. The highest BCUT2D eigenvalue weighted by molar-refractivity contribution is 9.10. The van der Waals surface area contributed by atoms with Crippen LogP contribution in [0.3, 0.4) is 0 Å². The predicted octanol–water partition coefficient (Wildman–Crippen LogP) is 3.15. The van der Waals surface area contributed by atoms with Crippen LogP contribution < -0.4 is 5.32 Å². The molecular weight excluding hydrogens is 276 g/mol. The first-order valence-electron chi connectivity index (χ1n) is 6.07. The molecule has 17 heavy (non-hydrogen) atoms. The summed E-state index contributed by atoms with van der Waals surface area (Å²) in [6.07, 6.45) is 4.29. The molecule has 1 atom stereocenters. The third kappa shape index (κ3) is 2.22. The van der Waals surface area contributed by atoms with E-state index in [1.165, 1.54) is 17.4 Å². The number of aromatic nitrogens is 1. The number of hydrogen-bond acceptors (Lipinski definition) is 2. The molecule has 0 spiro atoms. The molecule has 1 unspecified atom stereocenters. The summed E-state index contributed by atoms with van der Waals surface area (Å²) in [7, 11) is 0. The van der Waals surface area contributed by atoms with Gasteiger partial charge in [0, 0.05) is 16.1 Å². The van der Waals surface area contributed by atoms with Gasteiger partial charge in [0.25, 0.3) is 0 Å². The summed E-state index contributed by atoms with van der Waals surface area (Å²) in [5.41, 5.74) is 2.52. The van der Waals surface area contributed by atoms with Gasteiger partial charge in [0.1, 0.15) is 0 Å². The Morgan fingerprint density at radius 2 is 2.29 bits per heavy atom. The minimum Gasteiger partial charge on any atom is -0.316 e. The zero-order valence-corrected chi connectivity index (χ0v) is 11.2. The second-order valence-electron chi connectivity index (χ2n) is 4.67. The summed E-state index contributed by atoms with van der Waals surface area (Å²) in [6, 6.07) is 8.47. The summed E-state index contributed by atoms with van der Waals surface area (Å²) >= 11 is 3.59. The van der Waals surface area contributed by atoms with Gasteiger partial charge in [-0.1, -0.05) is 28.1 Å². The maximum Gasteiger partial charge on any atom is 0.0745 e. The molecule has 3 rings (SSSR count). The monoisotopic (exact) mass is 290 g/mol. The SMILES string of the molecule is Brc1ccc(CC2CCNC2)c2ncccc12. The van der Waals surface area contributed by atoms with Crippen LogP contribution in [0.25, 0.3) is 10.9 Å². The van der Waals surface area contributed by atoms with Gasteiger partial charge in [-0.05, 0) is 49.5 Å². The quantitative estimate of drug-likeness (QED) is 0.919. The summed E-state index contributed by atoms with van der Waals surface area (Å²) in [4.78, 5) is 4.53. The highest BCUT2D eigenvalue weighted by Crippen LogP contribution is 2.27. The largest absolute Gasteiger partial charge is 0.316 e. The van der Waals surface area contributed by atoms with Crippen LogP contribution in [0.1, 0.15) is 12.0 Å². The van der Waals surface area contributed by atoms with Crippen LogP contribution in [0.4, 0.5) is 0 Å². The van der Waals surface area contributed by atoms with Crippen molar-refractivity contribution in [3.63, 3.8) is 0 Å². The molecule has 1 fully saturated rings. The topological polar surface area (TPSA) is 24.9 Å². The highest BCUT2D eigenvalue weighted by atomic mass is 79.9. The van der Waals surface area contributed by atoms with E-state index in [1.54, 1.807) is 0 Å². The van der Waals surface area contributed by atoms with Gasteiger partial charge in [0.2, 0.25) is 0 Å². The van der Waals surface area contributed by atoms with Crippen LogP contribution in [0.15, 0.2) is 34.9 Å². The number of fused-ring (bicyclic) bond motifs is 1. The highest BCUT2D eigenvalue weighted by Gasteiger charge is 2.16. The summed E-state index contributed by atoms with van der Waals surface area (Å²) in [6.45, 7) is 2.30. The smallest absolute Gasteiger partial charge is 0.0745 e. The van der Waals surface area contributed by atoms with Gasteiger partial charge >= 0.3 is 0 Å². The Labute approximate surface area is 110 Å². The number of rotatable bonds is 2. The van der Waals surface area contributed by atoms with Crippen LogP contribution >= 0.6 is 15.9 Å². The summed E-state index contributed by atoms with van der Waals surface area (Å²) < 4.78 is 1.13. The van der Waals surface area contributed by atoms with Crippen molar-refractivity contribution in [3.8, 4) is 0 Å². The Balaban J connectivity index is 2.01. The normalized spacial score (nSPS) is 19.9. The number of pyridine rings is 1. The van der Waals surface area contributed by atoms with E-state index in [1.807, 2.05) is 12.3 Å². The van der Waals surface area contributed by atoms with Gasteiger partial charge in [-0.15, -0.1) is 0 Å². The molecule has 1 N–H and O–H groups in total. The molecule has 1 saturated heterocycles. The van der Waals surface area contributed by atoms with E-state index >= 15 is 0 Å². The molecule has 2 nitrogen and oxygen atoms in total. The molecular formula is C14H15BrN2. The average Bonchev–Trinajstić information content (AvgIpc) is 2.86. The first kappa shape index (κ1) is 11.2. The fourth-order valence-corrected chi connectivity index (χ4v) is 3.01. The first-order valence-corrected chi connectivity index (χ1v) is 6.87. The maximum absolute atomic E-state index is 4.53. The van der Waals surface area contributed by atoms with E-state index in [-0.39, 0.29) is 0 Å². The Morgan fingerprint density at radius 3 is 3.12 bits per heavy atom. The molecule has 1 aliphatic rings. The lowest BCUT2D eigenvalue weighted by atomic mass is 9.97. The molecule has 88 valence electrons. The van der Waals surface area contributed by atoms with Gasteiger partial charge in [0.05, 0.1) is 5.52 Å². The molecule has 0 amide bonds. The van der Waals surface area contributed by atoms with E-state index in [0.717, 1.165) is 35.4 Å². The standard InChI is InChI=1S/C14H15BrN2/c15-13-4-3-11(8-10-5-7-16-9-10)14-12(13)2-1-6-17-14/h1-4,6,10,16H,5,7-9H2. The van der Waals surface area contributed by atoms with Crippen LogP contribution in [0.2, 0.25) is 0 Å². The molecule has 1 aliphatic heterocycles. The van der Waals surface area contributed by atoms with Crippen molar-refractivity contribution in [2.45, 2.75) is 12.8 Å². The number of nitrogens with zero attached hydrogens (tertiary/aromatic N) is 1. The van der Waals surface area contributed by atoms with E-state index in [0.29, 0.717) is 0 Å². The molecule has 3 heteroatoms. The predicted molar refractivity (Wildman–Crippen MR) is 74.1 cm³/mol. The van der Waals surface area contributed by atoms with Crippen LogP contribution in [-0.2, 0) is 6.42 Å². The fraction of sp³-hybridized carbons (Fsp3) is 0.357. The first-order chi connectivity index (χ1) is 8.34. The zero-order valence-electron chi connectivity index (χ0n) is 9.62. The second-order valence-corrected chi connectivity index (χ2v) is 5.52. The van der Waals surface area contributed by atoms with Gasteiger partial charge in [-0.2, -0.15) is 0 Å². The molecule has 1 aromatic carbocycles. The third-order valence-electron chi connectivity index (χ3n) is 3.47. The average molecular weight is 291 g/mol. The fourth-order valence-electron chi connectivity index (χ4n) is 2.56. The van der Waals surface area contributed by atoms with Crippen LogP contribution in [0.5, 0.6) is 0 Å². The molecule has 1 aromatic heterocycles. The van der Waals surface area contributed by atoms with E-state index in [9.17, 15) is 0 Å². The third-order valence-corrected chi connectivity index (χ3v) is 4.16. The van der Waals surface area contributed by atoms with Gasteiger partial charge in [0.15, 0.2) is 0 Å². The van der Waals surface area contributed by atoms with Crippen LogP contribution in [0, 0.1) is 5.92 Å². The zero-order chi connectivity index (χ0) is 11.7. The minimum absolute atomic E-state index is 0.765.